The molecule has 2 nitrogen and oxygen atoms in total. The molecule has 0 unspecified atom stereocenters. The molecule has 0 aromatic carbocycles. The smallest absolute Gasteiger partial charge is 0.152 e. The quantitative estimate of drug-likeness (QED) is 0.511. The van der Waals surface area contributed by atoms with E-state index in [-0.39, 0.29) is 0 Å². The second-order valence-electron chi connectivity index (χ2n) is 6.11. The Hall–Kier alpha value is -0.0500. The van der Waals surface area contributed by atoms with E-state index < -0.39 is 14.6 Å². The van der Waals surface area contributed by atoms with Crippen molar-refractivity contribution >= 4 is 9.84 Å². The molecule has 0 N–H and O–H groups in total. The molecule has 0 amide bonds. The summed E-state index contributed by atoms with van der Waals surface area (Å²) in [7, 11) is -2.91. The predicted molar refractivity (Wildman–Crippen MR) is 80.8 cm³/mol. The van der Waals surface area contributed by atoms with E-state index in [0.29, 0.717) is 0 Å². The van der Waals surface area contributed by atoms with Crippen LogP contribution in [0.15, 0.2) is 0 Å². The summed E-state index contributed by atoms with van der Waals surface area (Å²) in [5.74, 6) is 0. The van der Waals surface area contributed by atoms with Crippen LogP contribution in [0.3, 0.4) is 0 Å². The van der Waals surface area contributed by atoms with Crippen LogP contribution in [0, 0.1) is 0 Å². The van der Waals surface area contributed by atoms with Crippen molar-refractivity contribution in [3.63, 3.8) is 0 Å². The third-order valence-corrected chi connectivity index (χ3v) is 6.10. The fourth-order valence-electron chi connectivity index (χ4n) is 2.05. The highest BCUT2D eigenvalue weighted by molar-refractivity contribution is 7.92. The highest BCUT2D eigenvalue weighted by Gasteiger charge is 2.28. The standard InChI is InChI=1S/C15H32O2S/c1-5-6-7-8-9-10-11-12-13-14-15(2,3)18(4,16)17/h5-14H2,1-4H3. The van der Waals surface area contributed by atoms with Crippen molar-refractivity contribution in [1.29, 1.82) is 0 Å². The summed E-state index contributed by atoms with van der Waals surface area (Å²) in [6.45, 7) is 5.92. The van der Waals surface area contributed by atoms with E-state index in [1.54, 1.807) is 0 Å². The second-order valence-corrected chi connectivity index (χ2v) is 8.76. The van der Waals surface area contributed by atoms with Crippen molar-refractivity contribution < 1.29 is 8.42 Å². The minimum absolute atomic E-state index is 0.547. The van der Waals surface area contributed by atoms with Gasteiger partial charge in [0, 0.05) is 6.26 Å². The third-order valence-electron chi connectivity index (χ3n) is 3.89. The molecule has 0 aliphatic rings. The van der Waals surface area contributed by atoms with Crippen molar-refractivity contribution in [3.05, 3.63) is 0 Å². The molecule has 0 saturated heterocycles. The summed E-state index contributed by atoms with van der Waals surface area (Å²) in [6, 6.07) is 0. The summed E-state index contributed by atoms with van der Waals surface area (Å²) in [5, 5.41) is 0. The van der Waals surface area contributed by atoms with E-state index >= 15 is 0 Å². The van der Waals surface area contributed by atoms with Crippen LogP contribution in [0.4, 0.5) is 0 Å². The van der Waals surface area contributed by atoms with Crippen LogP contribution in [0.5, 0.6) is 0 Å². The lowest BCUT2D eigenvalue weighted by molar-refractivity contribution is 0.496. The van der Waals surface area contributed by atoms with Gasteiger partial charge in [0.05, 0.1) is 4.75 Å². The highest BCUT2D eigenvalue weighted by atomic mass is 32.2. The molecule has 0 fully saturated rings. The van der Waals surface area contributed by atoms with Gasteiger partial charge in [-0.1, -0.05) is 64.7 Å². The van der Waals surface area contributed by atoms with Crippen molar-refractivity contribution in [2.75, 3.05) is 6.26 Å². The minimum atomic E-state index is -2.91. The maximum absolute atomic E-state index is 11.5. The molecule has 0 aromatic heterocycles. The van der Waals surface area contributed by atoms with E-state index in [1.807, 2.05) is 13.8 Å². The molecule has 0 bridgehead atoms. The van der Waals surface area contributed by atoms with Crippen molar-refractivity contribution in [1.82, 2.24) is 0 Å². The first kappa shape index (κ1) is 17.9. The Labute approximate surface area is 114 Å². The van der Waals surface area contributed by atoms with E-state index in [9.17, 15) is 8.42 Å². The van der Waals surface area contributed by atoms with Gasteiger partial charge in [0.15, 0.2) is 9.84 Å². The summed E-state index contributed by atoms with van der Waals surface area (Å²) in [4.78, 5) is 0. The molecule has 110 valence electrons. The molecule has 0 saturated carbocycles. The van der Waals surface area contributed by atoms with Gasteiger partial charge >= 0.3 is 0 Å². The Morgan fingerprint density at radius 1 is 0.778 bits per heavy atom. The van der Waals surface area contributed by atoms with Crippen LogP contribution in [-0.4, -0.2) is 19.4 Å². The third kappa shape index (κ3) is 8.12. The van der Waals surface area contributed by atoms with Gasteiger partial charge in [-0.25, -0.2) is 8.42 Å². The minimum Gasteiger partial charge on any atom is -0.229 e. The van der Waals surface area contributed by atoms with Gasteiger partial charge in [0.25, 0.3) is 0 Å². The van der Waals surface area contributed by atoms with E-state index in [4.69, 9.17) is 0 Å². The van der Waals surface area contributed by atoms with Gasteiger partial charge < -0.3 is 0 Å². The second kappa shape index (κ2) is 8.95. The van der Waals surface area contributed by atoms with Crippen LogP contribution in [-0.2, 0) is 9.84 Å². The van der Waals surface area contributed by atoms with Gasteiger partial charge in [0.1, 0.15) is 0 Å². The van der Waals surface area contributed by atoms with Crippen LogP contribution < -0.4 is 0 Å². The molecule has 0 spiro atoms. The maximum atomic E-state index is 11.5. The summed E-state index contributed by atoms with van der Waals surface area (Å²) < 4.78 is 22.5. The van der Waals surface area contributed by atoms with E-state index in [0.717, 1.165) is 12.8 Å². The lowest BCUT2D eigenvalue weighted by Crippen LogP contribution is -2.30. The fraction of sp³-hybridized carbons (Fsp3) is 1.00. The molecule has 0 radical (unpaired) electrons. The van der Waals surface area contributed by atoms with Gasteiger partial charge in [-0.3, -0.25) is 0 Å². The molecule has 0 atom stereocenters. The summed E-state index contributed by atoms with van der Waals surface area (Å²) in [5.41, 5.74) is 0. The Balaban J connectivity index is 3.46. The molecular weight excluding hydrogens is 244 g/mol. The van der Waals surface area contributed by atoms with Crippen LogP contribution in [0.1, 0.15) is 85.0 Å². The molecular formula is C15H32O2S. The van der Waals surface area contributed by atoms with E-state index in [2.05, 4.69) is 6.92 Å². The number of rotatable bonds is 11. The number of sulfone groups is 1. The Morgan fingerprint density at radius 2 is 1.17 bits per heavy atom. The number of hydrogen-bond acceptors (Lipinski definition) is 2. The molecule has 0 aliphatic carbocycles. The van der Waals surface area contributed by atoms with Gasteiger partial charge in [0.2, 0.25) is 0 Å². The molecule has 0 heterocycles. The maximum Gasteiger partial charge on any atom is 0.152 e. The SMILES string of the molecule is CCCCCCCCCCCC(C)(C)S(C)(=O)=O. The lowest BCUT2D eigenvalue weighted by Gasteiger charge is -2.22. The van der Waals surface area contributed by atoms with Gasteiger partial charge in [-0.2, -0.15) is 0 Å². The first-order chi connectivity index (χ1) is 8.31. The lowest BCUT2D eigenvalue weighted by atomic mass is 10.0. The Kier molecular flexibility index (Phi) is 8.93. The van der Waals surface area contributed by atoms with Crippen molar-refractivity contribution in [2.45, 2.75) is 89.7 Å². The fourth-order valence-corrected chi connectivity index (χ4v) is 2.56. The molecule has 0 aliphatic heterocycles. The molecule has 18 heavy (non-hydrogen) atoms. The average molecular weight is 276 g/mol. The summed E-state index contributed by atoms with van der Waals surface area (Å²) >= 11 is 0. The first-order valence-corrected chi connectivity index (χ1v) is 9.40. The average Bonchev–Trinajstić information content (AvgIpc) is 2.25. The molecule has 3 heteroatoms. The monoisotopic (exact) mass is 276 g/mol. The zero-order valence-corrected chi connectivity index (χ0v) is 13.6. The summed E-state index contributed by atoms with van der Waals surface area (Å²) in [6.07, 6.45) is 13.7. The van der Waals surface area contributed by atoms with Crippen molar-refractivity contribution in [3.8, 4) is 0 Å². The number of hydrogen-bond donors (Lipinski definition) is 0. The normalized spacial score (nSPS) is 12.9. The zero-order chi connectivity index (χ0) is 14.1. The zero-order valence-electron chi connectivity index (χ0n) is 12.8. The van der Waals surface area contributed by atoms with Crippen LogP contribution in [0.25, 0.3) is 0 Å². The topological polar surface area (TPSA) is 34.1 Å². The van der Waals surface area contributed by atoms with Crippen LogP contribution in [0.2, 0.25) is 0 Å². The molecule has 0 rings (SSSR count). The Morgan fingerprint density at radius 3 is 1.56 bits per heavy atom. The van der Waals surface area contributed by atoms with Gasteiger partial charge in [-0.15, -0.1) is 0 Å². The van der Waals surface area contributed by atoms with Crippen molar-refractivity contribution in [2.24, 2.45) is 0 Å². The van der Waals surface area contributed by atoms with Gasteiger partial charge in [-0.05, 0) is 20.3 Å². The Bertz CT molecular complexity index is 292. The first-order valence-electron chi connectivity index (χ1n) is 7.51. The number of unbranched alkanes of at least 4 members (excludes halogenated alkanes) is 8. The van der Waals surface area contributed by atoms with Crippen LogP contribution >= 0.6 is 0 Å². The largest absolute Gasteiger partial charge is 0.229 e. The van der Waals surface area contributed by atoms with E-state index in [1.165, 1.54) is 57.6 Å². The predicted octanol–water partition coefficient (Wildman–Crippen LogP) is 4.73. The highest BCUT2D eigenvalue weighted by Crippen LogP contribution is 2.23. The molecule has 0 aromatic rings.